The summed E-state index contributed by atoms with van der Waals surface area (Å²) in [6, 6.07) is 2.97. The highest BCUT2D eigenvalue weighted by molar-refractivity contribution is 7.07. The van der Waals surface area contributed by atoms with Crippen LogP contribution in [0.5, 0.6) is 0 Å². The van der Waals surface area contributed by atoms with Crippen molar-refractivity contribution < 1.29 is 0 Å². The van der Waals surface area contributed by atoms with Gasteiger partial charge in [0.25, 0.3) is 0 Å². The van der Waals surface area contributed by atoms with Crippen molar-refractivity contribution in [3.63, 3.8) is 0 Å². The summed E-state index contributed by atoms with van der Waals surface area (Å²) in [7, 11) is 0. The Morgan fingerprint density at radius 3 is 3.27 bits per heavy atom. The van der Waals surface area contributed by atoms with Crippen LogP contribution in [0.4, 0.5) is 0 Å². The molecular weight excluding hydrogens is 204 g/mol. The van der Waals surface area contributed by atoms with Crippen LogP contribution in [0.1, 0.15) is 25.3 Å². The summed E-state index contributed by atoms with van der Waals surface area (Å²) in [6.45, 7) is 6.92. The Labute approximate surface area is 96.3 Å². The molecule has 1 atom stereocenters. The van der Waals surface area contributed by atoms with Crippen LogP contribution in [0.3, 0.4) is 0 Å². The zero-order valence-electron chi connectivity index (χ0n) is 9.41. The van der Waals surface area contributed by atoms with Gasteiger partial charge in [-0.05, 0) is 48.3 Å². The highest BCUT2D eigenvalue weighted by Gasteiger charge is 2.21. The minimum Gasteiger partial charge on any atom is -0.311 e. The first-order chi connectivity index (χ1) is 7.40. The fourth-order valence-corrected chi connectivity index (χ4v) is 2.99. The van der Waals surface area contributed by atoms with Gasteiger partial charge in [-0.1, -0.05) is 6.92 Å². The number of likely N-dealkylation sites (N-methyl/N-ethyl adjacent to an activating group) is 1. The number of hydrogen-bond donors (Lipinski definition) is 1. The minimum absolute atomic E-state index is 0.772. The van der Waals surface area contributed by atoms with Gasteiger partial charge < -0.3 is 5.32 Å². The van der Waals surface area contributed by atoms with Crippen molar-refractivity contribution in [1.29, 1.82) is 0 Å². The van der Waals surface area contributed by atoms with E-state index in [1.165, 1.54) is 31.5 Å². The van der Waals surface area contributed by atoms with E-state index in [1.807, 2.05) is 0 Å². The molecule has 1 aromatic heterocycles. The summed E-state index contributed by atoms with van der Waals surface area (Å²) < 4.78 is 0. The summed E-state index contributed by atoms with van der Waals surface area (Å²) in [5.74, 6) is 0. The maximum absolute atomic E-state index is 3.56. The van der Waals surface area contributed by atoms with Crippen LogP contribution < -0.4 is 5.32 Å². The molecule has 15 heavy (non-hydrogen) atoms. The fourth-order valence-electron chi connectivity index (χ4n) is 2.32. The maximum atomic E-state index is 3.56. The van der Waals surface area contributed by atoms with Crippen molar-refractivity contribution in [2.45, 2.75) is 32.4 Å². The van der Waals surface area contributed by atoms with Gasteiger partial charge >= 0.3 is 0 Å². The molecule has 1 fully saturated rings. The average molecular weight is 224 g/mol. The van der Waals surface area contributed by atoms with Crippen molar-refractivity contribution in [1.82, 2.24) is 10.2 Å². The Bertz CT molecular complexity index is 271. The van der Waals surface area contributed by atoms with Crippen molar-refractivity contribution in [2.75, 3.05) is 19.6 Å². The lowest BCUT2D eigenvalue weighted by atomic mass is 10.2. The van der Waals surface area contributed by atoms with E-state index in [9.17, 15) is 0 Å². The average Bonchev–Trinajstić information content (AvgIpc) is 2.88. The molecular formula is C12H20N2S. The van der Waals surface area contributed by atoms with Crippen molar-refractivity contribution in [3.8, 4) is 0 Å². The van der Waals surface area contributed by atoms with Gasteiger partial charge in [0.05, 0.1) is 0 Å². The first-order valence-corrected chi connectivity index (χ1v) is 6.80. The predicted molar refractivity (Wildman–Crippen MR) is 66.3 cm³/mol. The number of rotatable bonds is 5. The highest BCUT2D eigenvalue weighted by atomic mass is 32.1. The SMILES string of the molecule is CCN1CCC[C@@H]1CNCc1ccsc1. The van der Waals surface area contributed by atoms with Crippen LogP contribution in [-0.4, -0.2) is 30.6 Å². The number of nitrogens with one attached hydrogen (secondary N) is 1. The standard InChI is InChI=1S/C12H20N2S/c1-2-14-6-3-4-12(14)9-13-8-11-5-7-15-10-11/h5,7,10,12-13H,2-4,6,8-9H2,1H3/t12-/m1/s1. The zero-order valence-corrected chi connectivity index (χ0v) is 10.2. The van der Waals surface area contributed by atoms with Crippen molar-refractivity contribution >= 4 is 11.3 Å². The third kappa shape index (κ3) is 3.03. The monoisotopic (exact) mass is 224 g/mol. The van der Waals surface area contributed by atoms with Crippen LogP contribution in [0, 0.1) is 0 Å². The Hall–Kier alpha value is -0.380. The summed E-state index contributed by atoms with van der Waals surface area (Å²) in [6.07, 6.45) is 2.74. The zero-order chi connectivity index (χ0) is 10.5. The summed E-state index contributed by atoms with van der Waals surface area (Å²) in [5.41, 5.74) is 1.42. The lowest BCUT2D eigenvalue weighted by molar-refractivity contribution is 0.260. The Kier molecular flexibility index (Phi) is 4.18. The second kappa shape index (κ2) is 5.64. The Balaban J connectivity index is 1.69. The second-order valence-corrected chi connectivity index (χ2v) is 4.97. The van der Waals surface area contributed by atoms with Crippen LogP contribution >= 0.6 is 11.3 Å². The Morgan fingerprint density at radius 2 is 2.53 bits per heavy atom. The third-order valence-corrected chi connectivity index (χ3v) is 3.93. The lowest BCUT2D eigenvalue weighted by Crippen LogP contribution is -2.37. The van der Waals surface area contributed by atoms with Crippen LogP contribution in [0.15, 0.2) is 16.8 Å². The van der Waals surface area contributed by atoms with Gasteiger partial charge in [-0.3, -0.25) is 4.90 Å². The van der Waals surface area contributed by atoms with Gasteiger partial charge in [-0.15, -0.1) is 0 Å². The topological polar surface area (TPSA) is 15.3 Å². The third-order valence-electron chi connectivity index (χ3n) is 3.19. The van der Waals surface area contributed by atoms with Gasteiger partial charge in [-0.25, -0.2) is 0 Å². The quantitative estimate of drug-likeness (QED) is 0.826. The van der Waals surface area contributed by atoms with Crippen molar-refractivity contribution in [2.24, 2.45) is 0 Å². The first-order valence-electron chi connectivity index (χ1n) is 5.86. The van der Waals surface area contributed by atoms with Gasteiger partial charge in [0.15, 0.2) is 0 Å². The number of thiophene rings is 1. The first kappa shape index (κ1) is 11.1. The molecule has 0 saturated carbocycles. The molecule has 0 aromatic carbocycles. The van der Waals surface area contributed by atoms with E-state index in [0.29, 0.717) is 0 Å². The lowest BCUT2D eigenvalue weighted by Gasteiger charge is -2.22. The van der Waals surface area contributed by atoms with E-state index in [0.717, 1.165) is 19.1 Å². The van der Waals surface area contributed by atoms with Crippen LogP contribution in [0.2, 0.25) is 0 Å². The molecule has 2 heterocycles. The molecule has 0 bridgehead atoms. The van der Waals surface area contributed by atoms with Gasteiger partial charge in [0.2, 0.25) is 0 Å². The van der Waals surface area contributed by atoms with Crippen molar-refractivity contribution in [3.05, 3.63) is 22.4 Å². The molecule has 0 unspecified atom stereocenters. The molecule has 2 rings (SSSR count). The highest BCUT2D eigenvalue weighted by Crippen LogP contribution is 2.15. The van der Waals surface area contributed by atoms with Crippen LogP contribution in [-0.2, 0) is 6.54 Å². The fraction of sp³-hybridized carbons (Fsp3) is 0.667. The van der Waals surface area contributed by atoms with E-state index in [2.05, 4.69) is 34.0 Å². The summed E-state index contributed by atoms with van der Waals surface area (Å²) >= 11 is 1.78. The van der Waals surface area contributed by atoms with Gasteiger partial charge in [0.1, 0.15) is 0 Å². The molecule has 0 amide bonds. The van der Waals surface area contributed by atoms with E-state index in [-0.39, 0.29) is 0 Å². The predicted octanol–water partition coefficient (Wildman–Crippen LogP) is 2.32. The normalized spacial score (nSPS) is 22.3. The molecule has 3 heteroatoms. The number of likely N-dealkylation sites (tertiary alicyclic amines) is 1. The smallest absolute Gasteiger partial charge is 0.0221 e. The summed E-state index contributed by atoms with van der Waals surface area (Å²) in [4.78, 5) is 2.58. The second-order valence-electron chi connectivity index (χ2n) is 4.19. The largest absolute Gasteiger partial charge is 0.311 e. The van der Waals surface area contributed by atoms with E-state index in [4.69, 9.17) is 0 Å². The van der Waals surface area contributed by atoms with E-state index < -0.39 is 0 Å². The molecule has 84 valence electrons. The minimum atomic E-state index is 0.772. The van der Waals surface area contributed by atoms with Gasteiger partial charge in [-0.2, -0.15) is 11.3 Å². The molecule has 1 aromatic rings. The Morgan fingerprint density at radius 1 is 1.60 bits per heavy atom. The number of hydrogen-bond acceptors (Lipinski definition) is 3. The van der Waals surface area contributed by atoms with E-state index in [1.54, 1.807) is 11.3 Å². The molecule has 0 aliphatic carbocycles. The summed E-state index contributed by atoms with van der Waals surface area (Å²) in [5, 5.41) is 7.92. The molecule has 1 saturated heterocycles. The van der Waals surface area contributed by atoms with E-state index >= 15 is 0 Å². The molecule has 2 nitrogen and oxygen atoms in total. The molecule has 1 aliphatic heterocycles. The molecule has 0 spiro atoms. The molecule has 1 aliphatic rings. The molecule has 1 N–H and O–H groups in total. The number of nitrogens with zero attached hydrogens (tertiary/aromatic N) is 1. The van der Waals surface area contributed by atoms with Crippen LogP contribution in [0.25, 0.3) is 0 Å². The molecule has 0 radical (unpaired) electrons. The maximum Gasteiger partial charge on any atom is 0.0221 e. The van der Waals surface area contributed by atoms with Gasteiger partial charge in [0, 0.05) is 19.1 Å².